The predicted octanol–water partition coefficient (Wildman–Crippen LogP) is 11.9. The first kappa shape index (κ1) is 27.9. The number of rotatable bonds is 6. The van der Waals surface area contributed by atoms with E-state index in [-0.39, 0.29) is 5.41 Å². The lowest BCUT2D eigenvalue weighted by molar-refractivity contribution is 0.645. The Morgan fingerprint density at radius 1 is 0.864 bits per heavy atom. The summed E-state index contributed by atoms with van der Waals surface area (Å²) in [5.41, 5.74) is 13.3. The van der Waals surface area contributed by atoms with E-state index in [1.54, 1.807) is 0 Å². The van der Waals surface area contributed by atoms with Crippen molar-refractivity contribution in [2.75, 3.05) is 4.90 Å². The van der Waals surface area contributed by atoms with Crippen LogP contribution >= 0.6 is 27.5 Å². The zero-order valence-electron chi connectivity index (χ0n) is 25.6. The van der Waals surface area contributed by atoms with Gasteiger partial charge in [0, 0.05) is 21.0 Å². The molecule has 44 heavy (non-hydrogen) atoms. The third-order valence-corrected chi connectivity index (χ3v) is 11.2. The fourth-order valence-corrected chi connectivity index (χ4v) is 8.63. The van der Waals surface area contributed by atoms with E-state index < -0.39 is 0 Å². The zero-order chi connectivity index (χ0) is 30.3. The first-order valence-electron chi connectivity index (χ1n) is 15.8. The standard InChI is InChI=1S/C39H35BrClN3/c1-5-22(6-2)26-17-19-32(41)37-36(26)42-38(43-37)44(33-20-14-24-12-11-23-13-18-31(40)35(33)34(23)24)25-15-16-28-27-9-7-8-10-29(27)39(3,4)30(28)21-25/h7-10,13-22H,5-6,11-12H2,1-4H3,(H,42,43). The van der Waals surface area contributed by atoms with Gasteiger partial charge in [-0.15, -0.1) is 0 Å². The molecule has 220 valence electrons. The van der Waals surface area contributed by atoms with Gasteiger partial charge in [-0.25, -0.2) is 4.98 Å². The molecule has 1 heterocycles. The van der Waals surface area contributed by atoms with Gasteiger partial charge in [0.05, 0.1) is 21.7 Å². The molecule has 2 aliphatic carbocycles. The zero-order valence-corrected chi connectivity index (χ0v) is 27.9. The van der Waals surface area contributed by atoms with E-state index in [4.69, 9.17) is 16.6 Å². The quantitative estimate of drug-likeness (QED) is 0.193. The number of aryl methyl sites for hydroxylation is 2. The minimum atomic E-state index is -0.115. The van der Waals surface area contributed by atoms with Crippen LogP contribution < -0.4 is 4.90 Å². The molecule has 0 fully saturated rings. The Morgan fingerprint density at radius 3 is 2.36 bits per heavy atom. The number of aromatic nitrogens is 2. The number of anilines is 3. The first-order valence-corrected chi connectivity index (χ1v) is 16.9. The van der Waals surface area contributed by atoms with Crippen molar-refractivity contribution >= 4 is 66.7 Å². The molecule has 0 spiro atoms. The maximum Gasteiger partial charge on any atom is 0.213 e. The van der Waals surface area contributed by atoms with Crippen molar-refractivity contribution in [1.82, 2.24) is 9.97 Å². The Morgan fingerprint density at radius 2 is 1.59 bits per heavy atom. The number of halogens is 2. The minimum absolute atomic E-state index is 0.115. The minimum Gasteiger partial charge on any atom is -0.322 e. The summed E-state index contributed by atoms with van der Waals surface area (Å²) in [5, 5.41) is 3.29. The highest BCUT2D eigenvalue weighted by atomic mass is 79.9. The predicted molar refractivity (Wildman–Crippen MR) is 189 cm³/mol. The molecular weight excluding hydrogens is 626 g/mol. The van der Waals surface area contributed by atoms with E-state index in [9.17, 15) is 0 Å². The molecule has 0 unspecified atom stereocenters. The monoisotopic (exact) mass is 659 g/mol. The summed E-state index contributed by atoms with van der Waals surface area (Å²) < 4.78 is 1.10. The highest BCUT2D eigenvalue weighted by Crippen LogP contribution is 2.52. The van der Waals surface area contributed by atoms with Crippen LogP contribution in [0.4, 0.5) is 17.3 Å². The van der Waals surface area contributed by atoms with E-state index in [0.717, 1.165) is 58.5 Å². The number of H-pyrrole nitrogens is 1. The van der Waals surface area contributed by atoms with Crippen LogP contribution in [0.25, 0.3) is 32.9 Å². The van der Waals surface area contributed by atoms with Crippen molar-refractivity contribution in [3.63, 3.8) is 0 Å². The Labute approximate surface area is 272 Å². The van der Waals surface area contributed by atoms with E-state index in [1.165, 1.54) is 49.7 Å². The van der Waals surface area contributed by atoms with Crippen molar-refractivity contribution in [2.24, 2.45) is 0 Å². The largest absolute Gasteiger partial charge is 0.322 e. The Kier molecular flexibility index (Phi) is 6.48. The van der Waals surface area contributed by atoms with Crippen molar-refractivity contribution in [1.29, 1.82) is 0 Å². The van der Waals surface area contributed by atoms with Crippen LogP contribution in [0.15, 0.2) is 83.3 Å². The molecule has 6 aromatic rings. The number of hydrogen-bond acceptors (Lipinski definition) is 2. The Balaban J connectivity index is 1.42. The van der Waals surface area contributed by atoms with Crippen LogP contribution in [0.5, 0.6) is 0 Å². The highest BCUT2D eigenvalue weighted by molar-refractivity contribution is 9.10. The highest BCUT2D eigenvalue weighted by Gasteiger charge is 2.36. The second-order valence-corrected chi connectivity index (χ2v) is 14.1. The fourth-order valence-electron chi connectivity index (χ4n) is 7.89. The molecule has 0 bridgehead atoms. The average Bonchev–Trinajstić information content (AvgIpc) is 3.72. The van der Waals surface area contributed by atoms with Gasteiger partial charge in [0.1, 0.15) is 0 Å². The molecule has 0 radical (unpaired) electrons. The van der Waals surface area contributed by atoms with Gasteiger partial charge in [-0.05, 0) is 106 Å². The van der Waals surface area contributed by atoms with Crippen LogP contribution in [0.2, 0.25) is 5.02 Å². The molecule has 3 nitrogen and oxygen atoms in total. The molecule has 0 atom stereocenters. The summed E-state index contributed by atoms with van der Waals surface area (Å²) in [6.07, 6.45) is 4.27. The summed E-state index contributed by atoms with van der Waals surface area (Å²) in [6.45, 7) is 9.18. The van der Waals surface area contributed by atoms with E-state index in [2.05, 4.69) is 126 Å². The number of fused-ring (bicyclic) bond motifs is 4. The summed E-state index contributed by atoms with van der Waals surface area (Å²) in [4.78, 5) is 11.4. The number of imidazole rings is 1. The first-order chi connectivity index (χ1) is 21.3. The van der Waals surface area contributed by atoms with Gasteiger partial charge in [-0.3, -0.25) is 4.90 Å². The third kappa shape index (κ3) is 3.96. The van der Waals surface area contributed by atoms with Gasteiger partial charge in [0.15, 0.2) is 0 Å². The summed E-state index contributed by atoms with van der Waals surface area (Å²) in [7, 11) is 0. The topological polar surface area (TPSA) is 31.9 Å². The number of benzene rings is 5. The lowest BCUT2D eigenvalue weighted by Crippen LogP contribution is -2.17. The van der Waals surface area contributed by atoms with Crippen LogP contribution in [0.3, 0.4) is 0 Å². The van der Waals surface area contributed by atoms with Crippen LogP contribution in [-0.2, 0) is 18.3 Å². The lowest BCUT2D eigenvalue weighted by atomic mass is 9.82. The molecule has 2 aliphatic rings. The maximum absolute atomic E-state index is 6.87. The molecule has 0 aliphatic heterocycles. The van der Waals surface area contributed by atoms with Crippen molar-refractivity contribution in [2.45, 2.75) is 64.7 Å². The SMILES string of the molecule is CCC(CC)c1ccc(Cl)c2[nH]c(N(c3ccc4c(c3)C(C)(C)c3ccccc3-4)c3ccc4c5c(ccc(Br)c35)CC4)nc12. The second kappa shape index (κ2) is 10.2. The summed E-state index contributed by atoms with van der Waals surface area (Å²) in [5.74, 6) is 1.20. The number of nitrogens with zero attached hydrogens (tertiary/aromatic N) is 2. The fraction of sp³-hybridized carbons (Fsp3) is 0.256. The normalized spacial score (nSPS) is 14.5. The third-order valence-electron chi connectivity index (χ3n) is 10.2. The van der Waals surface area contributed by atoms with Gasteiger partial charge in [-0.1, -0.05) is 104 Å². The molecule has 1 N–H and O–H groups in total. The van der Waals surface area contributed by atoms with E-state index in [0.29, 0.717) is 10.9 Å². The maximum atomic E-state index is 6.87. The second-order valence-electron chi connectivity index (χ2n) is 12.9. The summed E-state index contributed by atoms with van der Waals surface area (Å²) >= 11 is 10.8. The summed E-state index contributed by atoms with van der Waals surface area (Å²) in [6, 6.07) is 29.0. The molecule has 0 saturated carbocycles. The van der Waals surface area contributed by atoms with Crippen LogP contribution in [0.1, 0.15) is 74.3 Å². The molecule has 1 aromatic heterocycles. The van der Waals surface area contributed by atoms with Gasteiger partial charge in [-0.2, -0.15) is 0 Å². The molecule has 0 saturated heterocycles. The van der Waals surface area contributed by atoms with Crippen molar-refractivity contribution in [3.05, 3.63) is 116 Å². The van der Waals surface area contributed by atoms with Gasteiger partial charge in [0.25, 0.3) is 0 Å². The van der Waals surface area contributed by atoms with Gasteiger partial charge in [0.2, 0.25) is 5.95 Å². The Hall–Kier alpha value is -3.60. The van der Waals surface area contributed by atoms with Crippen LogP contribution in [-0.4, -0.2) is 9.97 Å². The van der Waals surface area contributed by atoms with E-state index in [1.807, 2.05) is 6.07 Å². The number of aromatic amines is 1. The van der Waals surface area contributed by atoms with Gasteiger partial charge >= 0.3 is 0 Å². The molecular formula is C39H35BrClN3. The number of nitrogens with one attached hydrogen (secondary N) is 1. The molecule has 8 rings (SSSR count). The number of hydrogen-bond donors (Lipinski definition) is 1. The van der Waals surface area contributed by atoms with Crippen LogP contribution in [0, 0.1) is 0 Å². The molecule has 0 amide bonds. The molecule has 5 aromatic carbocycles. The van der Waals surface area contributed by atoms with Crippen molar-refractivity contribution in [3.8, 4) is 11.1 Å². The van der Waals surface area contributed by atoms with Crippen molar-refractivity contribution < 1.29 is 0 Å². The smallest absolute Gasteiger partial charge is 0.213 e. The molecule has 5 heteroatoms. The Bertz CT molecular complexity index is 2110. The van der Waals surface area contributed by atoms with E-state index >= 15 is 0 Å². The average molecular weight is 661 g/mol. The lowest BCUT2D eigenvalue weighted by Gasteiger charge is -2.27. The van der Waals surface area contributed by atoms with Gasteiger partial charge < -0.3 is 4.98 Å².